The number of fused-ring (bicyclic) bond motifs is 1. The normalized spacial score (nSPS) is 11.4. The number of imidazole rings is 1. The quantitative estimate of drug-likeness (QED) is 0.739. The molecule has 0 atom stereocenters. The number of ether oxygens (including phenoxy) is 2. The number of amides is 1. The highest BCUT2D eigenvalue weighted by atomic mass is 16.5. The summed E-state index contributed by atoms with van der Waals surface area (Å²) in [4.78, 5) is 20.5. The summed E-state index contributed by atoms with van der Waals surface area (Å²) in [6, 6.07) is 10.7. The third kappa shape index (κ3) is 3.49. The van der Waals surface area contributed by atoms with Gasteiger partial charge in [-0.25, -0.2) is 4.98 Å². The fraction of sp³-hybridized carbons (Fsp3) is 0.300. The van der Waals surface area contributed by atoms with Crippen LogP contribution >= 0.6 is 0 Å². The second kappa shape index (κ2) is 6.71. The molecule has 1 heterocycles. The summed E-state index contributed by atoms with van der Waals surface area (Å²) >= 11 is 0. The Kier molecular flexibility index (Phi) is 4.59. The van der Waals surface area contributed by atoms with Gasteiger partial charge in [0, 0.05) is 16.7 Å². The Hall–Kier alpha value is -3.02. The van der Waals surface area contributed by atoms with Crippen molar-refractivity contribution in [3.63, 3.8) is 0 Å². The number of nitrogens with zero attached hydrogens (tertiary/aromatic N) is 1. The predicted octanol–water partition coefficient (Wildman–Crippen LogP) is 4.13. The molecule has 0 saturated heterocycles. The number of carbonyl (C=O) groups is 1. The molecular formula is C20H23N3O3. The van der Waals surface area contributed by atoms with E-state index in [0.717, 1.165) is 16.9 Å². The average Bonchev–Trinajstić information content (AvgIpc) is 3.04. The lowest BCUT2D eigenvalue weighted by atomic mass is 9.96. The van der Waals surface area contributed by atoms with E-state index in [1.807, 2.05) is 18.2 Å². The molecule has 3 rings (SSSR count). The SMILES string of the molecule is COc1ccc(C(=O)Nc2ccc3nc(C(C)(C)C)[nH]c3c2)cc1OC. The van der Waals surface area contributed by atoms with Crippen molar-refractivity contribution in [2.75, 3.05) is 19.5 Å². The molecule has 0 saturated carbocycles. The van der Waals surface area contributed by atoms with Crippen molar-refractivity contribution in [1.29, 1.82) is 0 Å². The Morgan fingerprint density at radius 2 is 1.77 bits per heavy atom. The summed E-state index contributed by atoms with van der Waals surface area (Å²) in [5.41, 5.74) is 2.88. The average molecular weight is 353 g/mol. The Balaban J connectivity index is 1.85. The van der Waals surface area contributed by atoms with Crippen molar-refractivity contribution in [3.05, 3.63) is 47.8 Å². The van der Waals surface area contributed by atoms with Gasteiger partial charge >= 0.3 is 0 Å². The molecule has 1 amide bonds. The third-order valence-corrected chi connectivity index (χ3v) is 4.10. The van der Waals surface area contributed by atoms with Crippen molar-refractivity contribution < 1.29 is 14.3 Å². The zero-order valence-electron chi connectivity index (χ0n) is 15.6. The van der Waals surface area contributed by atoms with Gasteiger partial charge in [-0.3, -0.25) is 4.79 Å². The molecule has 0 aliphatic carbocycles. The van der Waals surface area contributed by atoms with Crippen LogP contribution in [-0.4, -0.2) is 30.1 Å². The summed E-state index contributed by atoms with van der Waals surface area (Å²) < 4.78 is 10.5. The third-order valence-electron chi connectivity index (χ3n) is 4.10. The zero-order chi connectivity index (χ0) is 18.9. The minimum Gasteiger partial charge on any atom is -0.493 e. The molecule has 0 unspecified atom stereocenters. The van der Waals surface area contributed by atoms with Crippen LogP contribution in [0.15, 0.2) is 36.4 Å². The van der Waals surface area contributed by atoms with Crippen LogP contribution in [0, 0.1) is 0 Å². The van der Waals surface area contributed by atoms with E-state index in [9.17, 15) is 4.79 Å². The molecule has 2 aromatic carbocycles. The number of methoxy groups -OCH3 is 2. The Morgan fingerprint density at radius 1 is 1.04 bits per heavy atom. The van der Waals surface area contributed by atoms with Crippen LogP contribution in [0.5, 0.6) is 11.5 Å². The number of nitrogens with one attached hydrogen (secondary N) is 2. The molecule has 26 heavy (non-hydrogen) atoms. The molecule has 0 aliphatic rings. The van der Waals surface area contributed by atoms with Crippen LogP contribution in [0.1, 0.15) is 37.0 Å². The molecule has 0 spiro atoms. The molecule has 136 valence electrons. The monoisotopic (exact) mass is 353 g/mol. The van der Waals surface area contributed by atoms with Crippen molar-refractivity contribution in [1.82, 2.24) is 9.97 Å². The van der Waals surface area contributed by atoms with E-state index in [-0.39, 0.29) is 11.3 Å². The smallest absolute Gasteiger partial charge is 0.255 e. The standard InChI is InChI=1S/C20H23N3O3/c1-20(2,3)19-22-14-8-7-13(11-15(14)23-19)21-18(24)12-6-9-16(25-4)17(10-12)26-5/h6-11H,1-5H3,(H,21,24)(H,22,23). The molecule has 3 aromatic rings. The van der Waals surface area contributed by atoms with Gasteiger partial charge in [-0.1, -0.05) is 20.8 Å². The zero-order valence-corrected chi connectivity index (χ0v) is 15.6. The second-order valence-electron chi connectivity index (χ2n) is 7.09. The van der Waals surface area contributed by atoms with Gasteiger partial charge in [-0.05, 0) is 36.4 Å². The number of aromatic nitrogens is 2. The maximum absolute atomic E-state index is 12.5. The fourth-order valence-corrected chi connectivity index (χ4v) is 2.62. The molecule has 6 nitrogen and oxygen atoms in total. The first-order chi connectivity index (χ1) is 12.3. The lowest BCUT2D eigenvalue weighted by Gasteiger charge is -2.13. The van der Waals surface area contributed by atoms with E-state index in [1.54, 1.807) is 32.4 Å². The number of carbonyl (C=O) groups excluding carboxylic acids is 1. The van der Waals surface area contributed by atoms with Gasteiger partial charge in [-0.15, -0.1) is 0 Å². The van der Waals surface area contributed by atoms with Crippen molar-refractivity contribution in [2.45, 2.75) is 26.2 Å². The Labute approximate surface area is 152 Å². The molecule has 0 bridgehead atoms. The lowest BCUT2D eigenvalue weighted by molar-refractivity contribution is 0.102. The highest BCUT2D eigenvalue weighted by molar-refractivity contribution is 6.05. The topological polar surface area (TPSA) is 76.2 Å². The van der Waals surface area contributed by atoms with E-state index in [4.69, 9.17) is 9.47 Å². The molecule has 0 fully saturated rings. The first-order valence-corrected chi connectivity index (χ1v) is 8.35. The summed E-state index contributed by atoms with van der Waals surface area (Å²) in [7, 11) is 3.10. The van der Waals surface area contributed by atoms with Crippen LogP contribution < -0.4 is 14.8 Å². The van der Waals surface area contributed by atoms with Gasteiger partial charge in [0.25, 0.3) is 5.91 Å². The number of rotatable bonds is 4. The van der Waals surface area contributed by atoms with Gasteiger partial charge in [0.15, 0.2) is 11.5 Å². The van der Waals surface area contributed by atoms with Crippen LogP contribution in [0.4, 0.5) is 5.69 Å². The van der Waals surface area contributed by atoms with Crippen LogP contribution in [0.3, 0.4) is 0 Å². The minimum absolute atomic E-state index is 0.0674. The van der Waals surface area contributed by atoms with Crippen LogP contribution in [0.25, 0.3) is 11.0 Å². The van der Waals surface area contributed by atoms with E-state index in [1.165, 1.54) is 0 Å². The Morgan fingerprint density at radius 3 is 2.42 bits per heavy atom. The highest BCUT2D eigenvalue weighted by Gasteiger charge is 2.18. The number of H-pyrrole nitrogens is 1. The van der Waals surface area contributed by atoms with Gasteiger partial charge in [0.05, 0.1) is 25.3 Å². The molecule has 1 aromatic heterocycles. The largest absolute Gasteiger partial charge is 0.493 e. The van der Waals surface area contributed by atoms with Crippen molar-refractivity contribution >= 4 is 22.6 Å². The minimum atomic E-state index is -0.221. The first-order valence-electron chi connectivity index (χ1n) is 8.35. The molecule has 0 radical (unpaired) electrons. The molecule has 0 aliphatic heterocycles. The number of aromatic amines is 1. The fourth-order valence-electron chi connectivity index (χ4n) is 2.62. The van der Waals surface area contributed by atoms with Crippen LogP contribution in [-0.2, 0) is 5.41 Å². The van der Waals surface area contributed by atoms with Crippen LogP contribution in [0.2, 0.25) is 0 Å². The highest BCUT2D eigenvalue weighted by Crippen LogP contribution is 2.28. The van der Waals surface area contributed by atoms with E-state index in [2.05, 4.69) is 36.1 Å². The summed E-state index contributed by atoms with van der Waals surface area (Å²) in [5.74, 6) is 1.79. The second-order valence-corrected chi connectivity index (χ2v) is 7.09. The molecular weight excluding hydrogens is 330 g/mol. The number of benzene rings is 2. The van der Waals surface area contributed by atoms with Crippen molar-refractivity contribution in [2.24, 2.45) is 0 Å². The van der Waals surface area contributed by atoms with Gasteiger partial charge < -0.3 is 19.8 Å². The van der Waals surface area contributed by atoms with Crippen molar-refractivity contribution in [3.8, 4) is 11.5 Å². The number of hydrogen-bond donors (Lipinski definition) is 2. The van der Waals surface area contributed by atoms with E-state index < -0.39 is 0 Å². The van der Waals surface area contributed by atoms with E-state index >= 15 is 0 Å². The maximum atomic E-state index is 12.5. The van der Waals surface area contributed by atoms with Gasteiger partial charge in [0.1, 0.15) is 5.82 Å². The first kappa shape index (κ1) is 17.8. The van der Waals surface area contributed by atoms with Gasteiger partial charge in [0.2, 0.25) is 0 Å². The predicted molar refractivity (Wildman–Crippen MR) is 102 cm³/mol. The lowest BCUT2D eigenvalue weighted by Crippen LogP contribution is -2.13. The molecule has 6 heteroatoms. The van der Waals surface area contributed by atoms with Gasteiger partial charge in [-0.2, -0.15) is 0 Å². The Bertz CT molecular complexity index is 955. The number of anilines is 1. The number of hydrogen-bond acceptors (Lipinski definition) is 4. The molecule has 2 N–H and O–H groups in total. The summed E-state index contributed by atoms with van der Waals surface area (Å²) in [6.45, 7) is 6.30. The van der Waals surface area contributed by atoms with E-state index in [0.29, 0.717) is 22.7 Å². The maximum Gasteiger partial charge on any atom is 0.255 e. The summed E-state index contributed by atoms with van der Waals surface area (Å²) in [6.07, 6.45) is 0. The summed E-state index contributed by atoms with van der Waals surface area (Å²) in [5, 5.41) is 2.90.